The molecule has 5 nitrogen and oxygen atoms in total. The molecule has 98 valence electrons. The van der Waals surface area contributed by atoms with Crippen LogP contribution >= 0.6 is 0 Å². The standard InChI is InChI=1S/C13H20N4O/c1-8-3-5-16-13(11(8)12(15)18)17-6-4-10(7-17)9(2)14/h3,5,9-10H,4,6-7,14H2,1-2H3,(H2,15,18). The van der Waals surface area contributed by atoms with Crippen molar-refractivity contribution in [1.29, 1.82) is 0 Å². The molecule has 2 rings (SSSR count). The van der Waals surface area contributed by atoms with Gasteiger partial charge in [-0.2, -0.15) is 0 Å². The highest BCUT2D eigenvalue weighted by molar-refractivity contribution is 5.99. The molecule has 1 amide bonds. The fourth-order valence-corrected chi connectivity index (χ4v) is 2.50. The molecule has 2 heterocycles. The van der Waals surface area contributed by atoms with Gasteiger partial charge in [-0.3, -0.25) is 4.79 Å². The summed E-state index contributed by atoms with van der Waals surface area (Å²) in [4.78, 5) is 18.0. The molecule has 2 unspecified atom stereocenters. The first kappa shape index (κ1) is 12.8. The quantitative estimate of drug-likeness (QED) is 0.823. The molecule has 18 heavy (non-hydrogen) atoms. The summed E-state index contributed by atoms with van der Waals surface area (Å²) in [5, 5.41) is 0. The Morgan fingerprint density at radius 3 is 2.89 bits per heavy atom. The minimum absolute atomic E-state index is 0.164. The molecule has 1 saturated heterocycles. The van der Waals surface area contributed by atoms with Gasteiger partial charge in [-0.1, -0.05) is 0 Å². The van der Waals surface area contributed by atoms with Gasteiger partial charge in [0, 0.05) is 25.3 Å². The van der Waals surface area contributed by atoms with E-state index in [0.717, 1.165) is 25.1 Å². The minimum Gasteiger partial charge on any atom is -0.365 e. The summed E-state index contributed by atoms with van der Waals surface area (Å²) in [6.45, 7) is 5.62. The van der Waals surface area contributed by atoms with Crippen molar-refractivity contribution >= 4 is 11.7 Å². The zero-order valence-electron chi connectivity index (χ0n) is 10.9. The predicted octanol–water partition coefficient (Wildman–Crippen LogP) is 0.662. The number of aromatic nitrogens is 1. The van der Waals surface area contributed by atoms with E-state index >= 15 is 0 Å². The molecule has 1 aliphatic heterocycles. The fraction of sp³-hybridized carbons (Fsp3) is 0.538. The van der Waals surface area contributed by atoms with Crippen molar-refractivity contribution < 1.29 is 4.79 Å². The number of hydrogen-bond donors (Lipinski definition) is 2. The van der Waals surface area contributed by atoms with Crippen molar-refractivity contribution in [2.45, 2.75) is 26.3 Å². The molecular weight excluding hydrogens is 228 g/mol. The number of hydrogen-bond acceptors (Lipinski definition) is 4. The highest BCUT2D eigenvalue weighted by Gasteiger charge is 2.28. The molecule has 5 heteroatoms. The molecule has 0 bridgehead atoms. The lowest BCUT2D eigenvalue weighted by Crippen LogP contribution is -2.31. The summed E-state index contributed by atoms with van der Waals surface area (Å²) in [6.07, 6.45) is 2.75. The average molecular weight is 248 g/mol. The first-order valence-corrected chi connectivity index (χ1v) is 6.26. The number of amides is 1. The number of nitrogens with two attached hydrogens (primary N) is 2. The van der Waals surface area contributed by atoms with Crippen LogP contribution in [0.5, 0.6) is 0 Å². The summed E-state index contributed by atoms with van der Waals surface area (Å²) < 4.78 is 0. The van der Waals surface area contributed by atoms with E-state index in [2.05, 4.69) is 9.88 Å². The van der Waals surface area contributed by atoms with E-state index in [9.17, 15) is 4.79 Å². The lowest BCUT2D eigenvalue weighted by Gasteiger charge is -2.21. The Balaban J connectivity index is 2.30. The Labute approximate surface area is 107 Å². The van der Waals surface area contributed by atoms with Gasteiger partial charge in [0.15, 0.2) is 0 Å². The molecule has 2 atom stereocenters. The third-order valence-corrected chi connectivity index (χ3v) is 3.65. The van der Waals surface area contributed by atoms with Crippen LogP contribution in [-0.4, -0.2) is 30.0 Å². The van der Waals surface area contributed by atoms with Gasteiger partial charge in [-0.25, -0.2) is 4.98 Å². The van der Waals surface area contributed by atoms with Crippen LogP contribution in [0.25, 0.3) is 0 Å². The number of carbonyl (C=O) groups excluding carboxylic acids is 1. The minimum atomic E-state index is -0.417. The van der Waals surface area contributed by atoms with Crippen LogP contribution < -0.4 is 16.4 Å². The van der Waals surface area contributed by atoms with Crippen molar-refractivity contribution in [3.05, 3.63) is 23.4 Å². The monoisotopic (exact) mass is 248 g/mol. The fourth-order valence-electron chi connectivity index (χ4n) is 2.50. The van der Waals surface area contributed by atoms with Gasteiger partial charge in [-0.15, -0.1) is 0 Å². The lowest BCUT2D eigenvalue weighted by molar-refractivity contribution is 0.1000. The largest absolute Gasteiger partial charge is 0.365 e. The molecule has 1 aromatic rings. The molecule has 1 aliphatic rings. The van der Waals surface area contributed by atoms with Crippen LogP contribution in [0.4, 0.5) is 5.82 Å². The van der Waals surface area contributed by atoms with Crippen LogP contribution in [-0.2, 0) is 0 Å². The van der Waals surface area contributed by atoms with Crippen LogP contribution in [0.3, 0.4) is 0 Å². The number of pyridine rings is 1. The van der Waals surface area contributed by atoms with E-state index in [4.69, 9.17) is 11.5 Å². The molecular formula is C13H20N4O. The van der Waals surface area contributed by atoms with E-state index in [-0.39, 0.29) is 6.04 Å². The van der Waals surface area contributed by atoms with Gasteiger partial charge in [-0.05, 0) is 37.8 Å². The number of anilines is 1. The van der Waals surface area contributed by atoms with Crippen molar-refractivity contribution in [3.63, 3.8) is 0 Å². The number of carbonyl (C=O) groups is 1. The van der Waals surface area contributed by atoms with Crippen molar-refractivity contribution in [1.82, 2.24) is 4.98 Å². The number of nitrogens with zero attached hydrogens (tertiary/aromatic N) is 2. The van der Waals surface area contributed by atoms with Gasteiger partial charge in [0.25, 0.3) is 5.91 Å². The molecule has 0 saturated carbocycles. The molecule has 0 spiro atoms. The Morgan fingerprint density at radius 1 is 1.61 bits per heavy atom. The first-order chi connectivity index (χ1) is 8.50. The SMILES string of the molecule is Cc1ccnc(N2CCC(C(C)N)C2)c1C(N)=O. The van der Waals surface area contributed by atoms with Crippen molar-refractivity contribution in [2.24, 2.45) is 17.4 Å². The normalized spacial score (nSPS) is 21.1. The number of primary amides is 1. The second-order valence-electron chi connectivity index (χ2n) is 5.04. The van der Waals surface area contributed by atoms with Crippen LogP contribution in [0, 0.1) is 12.8 Å². The Bertz CT molecular complexity index is 458. The van der Waals surface area contributed by atoms with E-state index in [0.29, 0.717) is 17.3 Å². The van der Waals surface area contributed by atoms with Crippen LogP contribution in [0.15, 0.2) is 12.3 Å². The van der Waals surface area contributed by atoms with E-state index < -0.39 is 5.91 Å². The Morgan fingerprint density at radius 2 is 2.33 bits per heavy atom. The van der Waals surface area contributed by atoms with Gasteiger partial charge in [0.2, 0.25) is 0 Å². The predicted molar refractivity (Wildman–Crippen MR) is 71.5 cm³/mol. The molecule has 0 radical (unpaired) electrons. The maximum absolute atomic E-state index is 11.5. The third-order valence-electron chi connectivity index (χ3n) is 3.65. The summed E-state index contributed by atoms with van der Waals surface area (Å²) in [7, 11) is 0. The summed E-state index contributed by atoms with van der Waals surface area (Å²) in [6, 6.07) is 1.97. The average Bonchev–Trinajstić information content (AvgIpc) is 2.77. The maximum atomic E-state index is 11.5. The second kappa shape index (κ2) is 4.94. The maximum Gasteiger partial charge on any atom is 0.252 e. The highest BCUT2D eigenvalue weighted by Crippen LogP contribution is 2.27. The van der Waals surface area contributed by atoms with Gasteiger partial charge in [0.05, 0.1) is 5.56 Å². The van der Waals surface area contributed by atoms with Crippen LogP contribution in [0.1, 0.15) is 29.3 Å². The van der Waals surface area contributed by atoms with E-state index in [1.54, 1.807) is 6.20 Å². The summed E-state index contributed by atoms with van der Waals surface area (Å²) >= 11 is 0. The zero-order valence-corrected chi connectivity index (χ0v) is 10.9. The number of aryl methyl sites for hydroxylation is 1. The van der Waals surface area contributed by atoms with Crippen LogP contribution in [0.2, 0.25) is 0 Å². The van der Waals surface area contributed by atoms with Crippen molar-refractivity contribution in [3.8, 4) is 0 Å². The topological polar surface area (TPSA) is 85.2 Å². The van der Waals surface area contributed by atoms with Gasteiger partial charge >= 0.3 is 0 Å². The van der Waals surface area contributed by atoms with Crippen molar-refractivity contribution in [2.75, 3.05) is 18.0 Å². The molecule has 0 aromatic carbocycles. The zero-order chi connectivity index (χ0) is 13.3. The molecule has 0 aliphatic carbocycles. The summed E-state index contributed by atoms with van der Waals surface area (Å²) in [5.41, 5.74) is 12.8. The second-order valence-corrected chi connectivity index (χ2v) is 5.04. The first-order valence-electron chi connectivity index (χ1n) is 6.26. The number of rotatable bonds is 3. The molecule has 4 N–H and O–H groups in total. The Kier molecular flexibility index (Phi) is 3.52. The smallest absolute Gasteiger partial charge is 0.252 e. The lowest BCUT2D eigenvalue weighted by atomic mass is 10.0. The van der Waals surface area contributed by atoms with E-state index in [1.807, 2.05) is 19.9 Å². The summed E-state index contributed by atoms with van der Waals surface area (Å²) in [5.74, 6) is 0.735. The highest BCUT2D eigenvalue weighted by atomic mass is 16.1. The van der Waals surface area contributed by atoms with Gasteiger partial charge < -0.3 is 16.4 Å². The third kappa shape index (κ3) is 2.31. The van der Waals surface area contributed by atoms with Gasteiger partial charge in [0.1, 0.15) is 5.82 Å². The molecule has 1 aromatic heterocycles. The molecule has 1 fully saturated rings. The van der Waals surface area contributed by atoms with E-state index in [1.165, 1.54) is 0 Å². The Hall–Kier alpha value is -1.62.